The molecule has 0 aliphatic carbocycles. The van der Waals surface area contributed by atoms with Crippen LogP contribution in [0, 0.1) is 31.3 Å². The summed E-state index contributed by atoms with van der Waals surface area (Å²) in [6, 6.07) is 0. The Hall–Kier alpha value is -3.39. The van der Waals surface area contributed by atoms with Crippen LogP contribution in [0.1, 0.15) is 50.2 Å². The SMILES string of the molecule is CCCOCCOCCC(=O)NCCOCCOCCOCCN=C/C(CCO)=N\N.Cc1c(C)c(F)c(OC=O)c(F)c1F.OC1COC(CCN(O)O)CC1O. The third kappa shape index (κ3) is 26.6. The van der Waals surface area contributed by atoms with E-state index in [9.17, 15) is 27.9 Å². The monoisotopic (exact) mass is 845 g/mol. The number of aliphatic imine (C=N–C) groups is 1. The molecule has 1 aromatic carbocycles. The first-order chi connectivity index (χ1) is 27.8. The summed E-state index contributed by atoms with van der Waals surface area (Å²) in [5, 5.41) is 50.3. The summed E-state index contributed by atoms with van der Waals surface area (Å²) in [6.45, 7) is 10.4. The van der Waals surface area contributed by atoms with E-state index in [1.807, 2.05) is 0 Å². The van der Waals surface area contributed by atoms with Crippen molar-refractivity contribution >= 4 is 24.3 Å². The van der Waals surface area contributed by atoms with Gasteiger partial charge in [0.05, 0.1) is 97.1 Å². The van der Waals surface area contributed by atoms with Gasteiger partial charge in [0, 0.05) is 45.2 Å². The number of nitrogens with one attached hydrogen (secondary N) is 1. The summed E-state index contributed by atoms with van der Waals surface area (Å²) in [5.74, 6) is 0.342. The lowest BCUT2D eigenvalue weighted by atomic mass is 10.0. The van der Waals surface area contributed by atoms with Crippen LogP contribution in [-0.4, -0.2) is 172 Å². The second-order valence-electron chi connectivity index (χ2n) is 12.2. The molecule has 0 bridgehead atoms. The molecule has 1 saturated heterocycles. The Labute approximate surface area is 336 Å². The summed E-state index contributed by atoms with van der Waals surface area (Å²) in [4.78, 5) is 25.6. The van der Waals surface area contributed by atoms with E-state index < -0.39 is 35.4 Å². The van der Waals surface area contributed by atoms with Crippen LogP contribution in [0.15, 0.2) is 10.1 Å². The number of amides is 1. The van der Waals surface area contributed by atoms with Crippen LogP contribution in [0.4, 0.5) is 13.2 Å². The van der Waals surface area contributed by atoms with Crippen molar-refractivity contribution in [3.63, 3.8) is 0 Å². The molecule has 1 heterocycles. The number of hydrazone groups is 1. The Morgan fingerprint density at radius 2 is 1.47 bits per heavy atom. The molecular formula is C36H62F3N5O14. The molecule has 1 aliphatic heterocycles. The number of hydroxylamine groups is 2. The fourth-order valence-corrected chi connectivity index (χ4v) is 4.40. The minimum Gasteiger partial charge on any atom is -0.422 e. The molecule has 1 fully saturated rings. The highest BCUT2D eigenvalue weighted by atomic mass is 19.2. The smallest absolute Gasteiger partial charge is 0.298 e. The number of hydrogen-bond donors (Lipinski definition) is 7. The van der Waals surface area contributed by atoms with Crippen molar-refractivity contribution in [1.82, 2.24) is 10.5 Å². The van der Waals surface area contributed by atoms with Crippen LogP contribution in [0.3, 0.4) is 0 Å². The maximum atomic E-state index is 13.2. The van der Waals surface area contributed by atoms with E-state index >= 15 is 0 Å². The van der Waals surface area contributed by atoms with Gasteiger partial charge in [-0.2, -0.15) is 9.49 Å². The number of nitrogens with zero attached hydrogens (tertiary/aromatic N) is 3. The molecule has 0 aromatic heterocycles. The summed E-state index contributed by atoms with van der Waals surface area (Å²) < 4.78 is 75.1. The number of halogens is 3. The number of hydrogen-bond acceptors (Lipinski definition) is 18. The maximum absolute atomic E-state index is 13.2. The average Bonchev–Trinajstić information content (AvgIpc) is 3.21. The highest BCUT2D eigenvalue weighted by Gasteiger charge is 2.28. The minimum absolute atomic E-state index is 0.0144. The van der Waals surface area contributed by atoms with Crippen LogP contribution < -0.4 is 15.9 Å². The number of rotatable bonds is 28. The van der Waals surface area contributed by atoms with Gasteiger partial charge in [0.15, 0.2) is 11.6 Å². The molecule has 3 atom stereocenters. The number of carbonyl (C=O) groups is 2. The summed E-state index contributed by atoms with van der Waals surface area (Å²) in [6.07, 6.45) is 2.16. The fourth-order valence-electron chi connectivity index (χ4n) is 4.40. The zero-order valence-electron chi connectivity index (χ0n) is 33.5. The lowest BCUT2D eigenvalue weighted by molar-refractivity contribution is -0.309. The first kappa shape index (κ1) is 54.6. The first-order valence-electron chi connectivity index (χ1n) is 18.7. The number of aliphatic hydroxyl groups excluding tert-OH is 3. The minimum atomic E-state index is -1.49. The van der Waals surface area contributed by atoms with Crippen molar-refractivity contribution in [1.29, 1.82) is 0 Å². The fraction of sp³-hybridized carbons (Fsp3) is 0.722. The number of ether oxygens (including phenoxy) is 7. The number of nitrogens with two attached hydrogens (primary N) is 1. The molecule has 58 heavy (non-hydrogen) atoms. The van der Waals surface area contributed by atoms with Crippen LogP contribution in [-0.2, 0) is 38.0 Å². The van der Waals surface area contributed by atoms with E-state index in [1.165, 1.54) is 20.1 Å². The van der Waals surface area contributed by atoms with Gasteiger partial charge in [0.1, 0.15) is 6.10 Å². The van der Waals surface area contributed by atoms with Crippen molar-refractivity contribution in [2.45, 2.75) is 71.2 Å². The van der Waals surface area contributed by atoms with Gasteiger partial charge >= 0.3 is 0 Å². The molecule has 1 aliphatic rings. The van der Waals surface area contributed by atoms with Crippen LogP contribution in [0.2, 0.25) is 0 Å². The van der Waals surface area contributed by atoms with Gasteiger partial charge in [-0.3, -0.25) is 25.0 Å². The summed E-state index contributed by atoms with van der Waals surface area (Å²) >= 11 is 0. The van der Waals surface area contributed by atoms with Crippen molar-refractivity contribution in [3.05, 3.63) is 28.6 Å². The van der Waals surface area contributed by atoms with Gasteiger partial charge in [0.25, 0.3) is 6.47 Å². The van der Waals surface area contributed by atoms with Crippen molar-refractivity contribution in [3.8, 4) is 5.75 Å². The molecule has 0 radical (unpaired) electrons. The van der Waals surface area contributed by atoms with Crippen molar-refractivity contribution in [2.75, 3.05) is 98.9 Å². The largest absolute Gasteiger partial charge is 0.422 e. The molecule has 0 spiro atoms. The molecule has 2 rings (SSSR count). The van der Waals surface area contributed by atoms with Gasteiger partial charge in [-0.15, -0.1) is 0 Å². The van der Waals surface area contributed by atoms with E-state index in [4.69, 9.17) is 54.9 Å². The van der Waals surface area contributed by atoms with E-state index in [1.54, 1.807) is 0 Å². The van der Waals surface area contributed by atoms with Gasteiger partial charge in [-0.1, -0.05) is 12.2 Å². The number of carbonyl (C=O) groups excluding carboxylic acids is 2. The predicted molar refractivity (Wildman–Crippen MR) is 202 cm³/mol. The van der Waals surface area contributed by atoms with E-state index in [2.05, 4.69) is 27.1 Å². The summed E-state index contributed by atoms with van der Waals surface area (Å²) in [5.41, 5.74) is 0.321. The van der Waals surface area contributed by atoms with E-state index in [-0.39, 0.29) is 54.6 Å². The first-order valence-corrected chi connectivity index (χ1v) is 18.7. The van der Waals surface area contributed by atoms with Gasteiger partial charge in [-0.25, -0.2) is 8.78 Å². The molecule has 0 saturated carbocycles. The molecule has 3 unspecified atom stereocenters. The molecule has 1 aromatic rings. The highest BCUT2D eigenvalue weighted by molar-refractivity contribution is 6.30. The third-order valence-electron chi connectivity index (χ3n) is 7.73. The van der Waals surface area contributed by atoms with E-state index in [0.29, 0.717) is 104 Å². The Kier molecular flexibility index (Phi) is 33.5. The predicted octanol–water partition coefficient (Wildman–Crippen LogP) is 0.977. The molecule has 8 N–H and O–H groups in total. The lowest BCUT2D eigenvalue weighted by Crippen LogP contribution is -2.42. The second kappa shape index (κ2) is 35.5. The van der Waals surface area contributed by atoms with Gasteiger partial charge in [0.2, 0.25) is 17.5 Å². The Morgan fingerprint density at radius 1 is 0.879 bits per heavy atom. The zero-order chi connectivity index (χ0) is 43.6. The van der Waals surface area contributed by atoms with E-state index in [0.717, 1.165) is 13.0 Å². The van der Waals surface area contributed by atoms with Crippen LogP contribution in [0.5, 0.6) is 5.75 Å². The molecule has 22 heteroatoms. The second-order valence-corrected chi connectivity index (χ2v) is 12.2. The molecule has 336 valence electrons. The summed E-state index contributed by atoms with van der Waals surface area (Å²) in [7, 11) is 0. The normalized spacial score (nSPS) is 16.8. The average molecular weight is 846 g/mol. The molecule has 19 nitrogen and oxygen atoms in total. The lowest BCUT2D eigenvalue weighted by Gasteiger charge is -2.30. The van der Waals surface area contributed by atoms with Crippen LogP contribution in [0.25, 0.3) is 0 Å². The Balaban J connectivity index is 0.000000979. The maximum Gasteiger partial charge on any atom is 0.298 e. The Morgan fingerprint density at radius 3 is 2.03 bits per heavy atom. The van der Waals surface area contributed by atoms with Crippen molar-refractivity contribution in [2.24, 2.45) is 15.9 Å². The number of benzene rings is 1. The van der Waals surface area contributed by atoms with Crippen LogP contribution >= 0.6 is 0 Å². The Bertz CT molecular complexity index is 1270. The third-order valence-corrected chi connectivity index (χ3v) is 7.73. The van der Waals surface area contributed by atoms with Crippen molar-refractivity contribution < 1.29 is 81.7 Å². The topological polar surface area (TPSA) is 266 Å². The standard InChI is InChI=1S/C20H40N4O7.C9H7F3O2.C7H15NO5/c1-2-8-27-12-13-28-9-4-20(26)23-6-11-30-15-17-31-16-14-29-10-5-22-18-19(24-21)3-7-25;1-4-5(2)7(11)9(14-3-13)8(12)6(4)10;9-6-3-5(1-2-8(11)12)13-4-7(6)10/h18,25H,2-17,21H2,1H3,(H,23,26);3H,1-2H3;5-7,9-12H,1-4H2/b22-18?,24-19-;;. The molecule has 1 amide bonds. The zero-order valence-corrected chi connectivity index (χ0v) is 33.5. The van der Waals surface area contributed by atoms with Gasteiger partial charge in [-0.05, 0) is 37.8 Å². The van der Waals surface area contributed by atoms with Gasteiger partial charge < -0.3 is 59.6 Å². The number of aliphatic hydroxyl groups is 3. The highest BCUT2D eigenvalue weighted by Crippen LogP contribution is 2.29. The quantitative estimate of drug-likeness (QED) is 0.0155. The molecular weight excluding hydrogens is 783 g/mol.